The first-order chi connectivity index (χ1) is 16.4. The Kier molecular flexibility index (Phi) is 8.66. The number of aromatic carboxylic acids is 1. The third kappa shape index (κ3) is 6.45. The molecule has 1 aliphatic heterocycles. The van der Waals surface area contributed by atoms with Crippen LogP contribution >= 0.6 is 11.3 Å². The van der Waals surface area contributed by atoms with Crippen molar-refractivity contribution in [2.24, 2.45) is 17.3 Å². The van der Waals surface area contributed by atoms with Gasteiger partial charge in [0, 0.05) is 31.5 Å². The summed E-state index contributed by atoms with van der Waals surface area (Å²) in [6.45, 7) is 11.0. The van der Waals surface area contributed by atoms with E-state index in [4.69, 9.17) is 4.74 Å². The van der Waals surface area contributed by atoms with E-state index in [9.17, 15) is 19.5 Å². The molecule has 2 fully saturated rings. The maximum Gasteiger partial charge on any atom is 0.348 e. The summed E-state index contributed by atoms with van der Waals surface area (Å²) in [5, 5.41) is 10.0. The zero-order valence-corrected chi connectivity index (χ0v) is 22.5. The fourth-order valence-electron chi connectivity index (χ4n) is 4.61. The van der Waals surface area contributed by atoms with E-state index in [1.165, 1.54) is 4.90 Å². The van der Waals surface area contributed by atoms with Gasteiger partial charge in [-0.1, -0.05) is 25.7 Å². The number of amides is 2. The summed E-state index contributed by atoms with van der Waals surface area (Å²) in [5.74, 6) is 5.13. The van der Waals surface area contributed by atoms with E-state index in [0.717, 1.165) is 37.0 Å². The van der Waals surface area contributed by atoms with Gasteiger partial charge in [0.15, 0.2) is 0 Å². The summed E-state index contributed by atoms with van der Waals surface area (Å²) < 4.78 is 5.32. The predicted molar refractivity (Wildman–Crippen MR) is 138 cm³/mol. The molecule has 0 spiro atoms. The number of methoxy groups -OCH3 is 1. The quantitative estimate of drug-likeness (QED) is 0.549. The number of hydrogen-bond donors (Lipinski definition) is 1. The number of carbonyl (C=O) groups is 3. The van der Waals surface area contributed by atoms with Crippen LogP contribution in [0, 0.1) is 29.1 Å². The zero-order valence-electron chi connectivity index (χ0n) is 21.7. The molecular formula is C27H38N2O5S. The Morgan fingerprint density at radius 3 is 2.37 bits per heavy atom. The molecule has 0 bridgehead atoms. The highest BCUT2D eigenvalue weighted by molar-refractivity contribution is 7.15. The van der Waals surface area contributed by atoms with Crippen molar-refractivity contribution in [1.29, 1.82) is 0 Å². The number of rotatable bonds is 7. The van der Waals surface area contributed by atoms with E-state index < -0.39 is 12.0 Å². The third-order valence-corrected chi connectivity index (χ3v) is 7.83. The number of carboxylic acid groups (broad SMARTS) is 1. The van der Waals surface area contributed by atoms with E-state index in [-0.39, 0.29) is 39.8 Å². The van der Waals surface area contributed by atoms with E-state index in [1.807, 2.05) is 27.7 Å². The van der Waals surface area contributed by atoms with Crippen LogP contribution in [0.25, 0.3) is 0 Å². The minimum atomic E-state index is -1.12. The molecule has 1 N–H and O–H groups in total. The van der Waals surface area contributed by atoms with E-state index in [1.54, 1.807) is 18.1 Å². The molecule has 2 amide bonds. The summed E-state index contributed by atoms with van der Waals surface area (Å²) in [6, 6.07) is 0.913. The van der Waals surface area contributed by atoms with Gasteiger partial charge in [-0.3, -0.25) is 14.5 Å². The number of ether oxygens (including phenoxy) is 1. The van der Waals surface area contributed by atoms with Crippen molar-refractivity contribution >= 4 is 34.8 Å². The molecule has 1 aliphatic carbocycles. The smallest absolute Gasteiger partial charge is 0.348 e. The van der Waals surface area contributed by atoms with Crippen LogP contribution < -0.4 is 4.90 Å². The highest BCUT2D eigenvalue weighted by Crippen LogP contribution is 2.37. The Morgan fingerprint density at radius 1 is 1.23 bits per heavy atom. The van der Waals surface area contributed by atoms with Crippen molar-refractivity contribution in [3.8, 4) is 11.8 Å². The molecule has 0 radical (unpaired) electrons. The predicted octanol–water partition coefficient (Wildman–Crippen LogP) is 4.64. The van der Waals surface area contributed by atoms with Gasteiger partial charge in [-0.25, -0.2) is 4.79 Å². The van der Waals surface area contributed by atoms with Crippen LogP contribution in [0.15, 0.2) is 6.07 Å². The summed E-state index contributed by atoms with van der Waals surface area (Å²) in [6.07, 6.45) is 3.79. The standard InChI is InChI=1S/C27H38N2O5S/c1-7-21(25(31)28-15-19(16-28)34-6)29(24(30)18-10-8-17(2)9-11-18)22-14-20(12-13-27(3,4)5)35-23(22)26(32)33/h14,17-19,21H,7-11,15-16H2,1-6H3,(H,32,33)/t17-,18-,21-/m0/s1. The fourth-order valence-corrected chi connectivity index (χ4v) is 5.46. The van der Waals surface area contributed by atoms with Gasteiger partial charge in [0.1, 0.15) is 10.9 Å². The number of hydrogen-bond acceptors (Lipinski definition) is 5. The largest absolute Gasteiger partial charge is 0.477 e. The molecule has 3 rings (SSSR count). The van der Waals surface area contributed by atoms with Crippen molar-refractivity contribution < 1.29 is 24.2 Å². The van der Waals surface area contributed by atoms with Crippen molar-refractivity contribution in [2.75, 3.05) is 25.1 Å². The second-order valence-electron chi connectivity index (χ2n) is 10.8. The van der Waals surface area contributed by atoms with E-state index in [0.29, 0.717) is 30.3 Å². The Morgan fingerprint density at radius 2 is 1.86 bits per heavy atom. The normalized spacial score (nSPS) is 21.5. The number of carbonyl (C=O) groups excluding carboxylic acids is 2. The molecule has 1 aromatic heterocycles. The molecule has 0 unspecified atom stereocenters. The van der Waals surface area contributed by atoms with Crippen molar-refractivity contribution in [2.45, 2.75) is 78.9 Å². The van der Waals surface area contributed by atoms with Crippen LogP contribution in [0.5, 0.6) is 0 Å². The van der Waals surface area contributed by atoms with Crippen LogP contribution in [0.1, 0.15) is 81.3 Å². The van der Waals surface area contributed by atoms with Crippen LogP contribution in [0.4, 0.5) is 5.69 Å². The summed E-state index contributed by atoms with van der Waals surface area (Å²) in [4.78, 5) is 43.6. The molecule has 0 aromatic carbocycles. The summed E-state index contributed by atoms with van der Waals surface area (Å²) in [7, 11) is 1.62. The lowest BCUT2D eigenvalue weighted by molar-refractivity contribution is -0.146. The monoisotopic (exact) mass is 502 g/mol. The minimum Gasteiger partial charge on any atom is -0.477 e. The fraction of sp³-hybridized carbons (Fsp3) is 0.667. The lowest BCUT2D eigenvalue weighted by Gasteiger charge is -2.43. The molecule has 8 heteroatoms. The first-order valence-electron chi connectivity index (χ1n) is 12.5. The molecule has 1 aromatic rings. The van der Waals surface area contributed by atoms with Gasteiger partial charge >= 0.3 is 5.97 Å². The molecule has 35 heavy (non-hydrogen) atoms. The average molecular weight is 503 g/mol. The molecule has 2 aliphatic rings. The molecule has 1 saturated carbocycles. The first-order valence-corrected chi connectivity index (χ1v) is 13.3. The lowest BCUT2D eigenvalue weighted by Crippen LogP contribution is -2.61. The minimum absolute atomic E-state index is 0.00422. The Balaban J connectivity index is 2.04. The molecule has 192 valence electrons. The zero-order chi connectivity index (χ0) is 25.9. The van der Waals surface area contributed by atoms with Gasteiger partial charge in [-0.15, -0.1) is 11.3 Å². The van der Waals surface area contributed by atoms with E-state index >= 15 is 0 Å². The van der Waals surface area contributed by atoms with E-state index in [2.05, 4.69) is 18.8 Å². The summed E-state index contributed by atoms with van der Waals surface area (Å²) in [5.41, 5.74) is 0.0347. The van der Waals surface area contributed by atoms with Crippen molar-refractivity contribution in [3.05, 3.63) is 15.8 Å². The summed E-state index contributed by atoms with van der Waals surface area (Å²) >= 11 is 1.06. The van der Waals surface area contributed by atoms with Gasteiger partial charge < -0.3 is 14.7 Å². The maximum absolute atomic E-state index is 14.0. The number of thiophene rings is 1. The van der Waals surface area contributed by atoms with Gasteiger partial charge in [0.2, 0.25) is 11.8 Å². The second kappa shape index (κ2) is 11.1. The van der Waals surface area contributed by atoms with Crippen LogP contribution in [-0.4, -0.2) is 60.1 Å². The van der Waals surface area contributed by atoms with Gasteiger partial charge in [-0.2, -0.15) is 0 Å². The Bertz CT molecular complexity index is 1000. The maximum atomic E-state index is 14.0. The highest BCUT2D eigenvalue weighted by atomic mass is 32.1. The van der Waals surface area contributed by atoms with Crippen LogP contribution in [-0.2, 0) is 14.3 Å². The third-order valence-electron chi connectivity index (χ3n) is 6.81. The number of anilines is 1. The number of likely N-dealkylation sites (tertiary alicyclic amines) is 1. The molecule has 1 saturated heterocycles. The Labute approximate surface area is 212 Å². The SMILES string of the molecule is CC[C@@H](C(=O)N1CC(OC)C1)N(c1cc(C#CC(C)(C)C)sc1C(=O)O)C(=O)[C@H]1CC[C@H](C)CC1. The highest BCUT2D eigenvalue weighted by Gasteiger charge is 2.42. The van der Waals surface area contributed by atoms with Crippen molar-refractivity contribution in [3.63, 3.8) is 0 Å². The van der Waals surface area contributed by atoms with Gasteiger partial charge in [0.25, 0.3) is 0 Å². The molecular weight excluding hydrogens is 464 g/mol. The number of carboxylic acids is 1. The molecule has 2 heterocycles. The first kappa shape index (κ1) is 27.2. The number of nitrogens with zero attached hydrogens (tertiary/aromatic N) is 2. The van der Waals surface area contributed by atoms with Crippen molar-refractivity contribution in [1.82, 2.24) is 4.90 Å². The van der Waals surface area contributed by atoms with Crippen LogP contribution in [0.2, 0.25) is 0 Å². The second-order valence-corrected chi connectivity index (χ2v) is 11.9. The topological polar surface area (TPSA) is 87.2 Å². The molecule has 1 atom stereocenters. The molecule has 7 nitrogen and oxygen atoms in total. The Hall–Kier alpha value is -2.37. The lowest BCUT2D eigenvalue weighted by atomic mass is 9.82. The van der Waals surface area contributed by atoms with Gasteiger partial charge in [-0.05, 0) is 64.9 Å². The van der Waals surface area contributed by atoms with Crippen LogP contribution in [0.3, 0.4) is 0 Å². The van der Waals surface area contributed by atoms with Gasteiger partial charge in [0.05, 0.1) is 16.7 Å². The average Bonchev–Trinajstić information content (AvgIpc) is 3.19.